The lowest BCUT2D eigenvalue weighted by Gasteiger charge is -2.39. The van der Waals surface area contributed by atoms with Gasteiger partial charge in [0.2, 0.25) is 5.82 Å². The molecule has 1 aliphatic rings. The number of carbonyl (C=O) groups excluding carboxylic acids is 1. The van der Waals surface area contributed by atoms with Crippen LogP contribution < -0.4 is 4.90 Å². The molecule has 8 heteroatoms. The molecule has 1 aliphatic heterocycles. The monoisotopic (exact) mass is 357 g/mol. The highest BCUT2D eigenvalue weighted by Crippen LogP contribution is 2.32. The largest absolute Gasteiger partial charge is 0.463 e. The maximum atomic E-state index is 11.6. The molecule has 0 saturated carbocycles. The average Bonchev–Trinajstić information content (AvgIpc) is 2.89. The zero-order valence-electron chi connectivity index (χ0n) is 13.8. The quantitative estimate of drug-likeness (QED) is 0.529. The van der Waals surface area contributed by atoms with Crippen molar-refractivity contribution in [1.29, 1.82) is 0 Å². The summed E-state index contributed by atoms with van der Waals surface area (Å²) in [4.78, 5) is 26.6. The third-order valence-corrected chi connectivity index (χ3v) is 4.64. The molecule has 7 nitrogen and oxygen atoms in total. The van der Waals surface area contributed by atoms with Crippen molar-refractivity contribution in [2.24, 2.45) is 7.05 Å². The molecule has 0 radical (unpaired) electrons. The Kier molecular flexibility index (Phi) is 3.80. The van der Waals surface area contributed by atoms with E-state index in [2.05, 4.69) is 25.3 Å². The van der Waals surface area contributed by atoms with Crippen LogP contribution in [0.15, 0.2) is 30.3 Å². The van der Waals surface area contributed by atoms with Gasteiger partial charge in [0.1, 0.15) is 16.8 Å². The van der Waals surface area contributed by atoms with Crippen LogP contribution in [0.2, 0.25) is 5.15 Å². The number of benzene rings is 1. The number of nitrogens with zero attached hydrogens (tertiary/aromatic N) is 5. The Hall–Kier alpha value is -2.67. The van der Waals surface area contributed by atoms with Gasteiger partial charge in [-0.05, 0) is 12.1 Å². The van der Waals surface area contributed by atoms with Crippen molar-refractivity contribution < 1.29 is 9.53 Å². The van der Waals surface area contributed by atoms with E-state index in [4.69, 9.17) is 16.6 Å². The van der Waals surface area contributed by atoms with Gasteiger partial charge < -0.3 is 14.2 Å². The molecular formula is C17H16ClN5O2. The van der Waals surface area contributed by atoms with Crippen LogP contribution in [0, 0.1) is 0 Å². The Bertz CT molecular complexity index is 965. The third kappa shape index (κ3) is 2.70. The van der Waals surface area contributed by atoms with Crippen LogP contribution in [-0.4, -0.2) is 45.7 Å². The third-order valence-electron chi connectivity index (χ3n) is 4.44. The van der Waals surface area contributed by atoms with E-state index >= 15 is 0 Å². The van der Waals surface area contributed by atoms with Gasteiger partial charge in [0.25, 0.3) is 0 Å². The second-order valence-electron chi connectivity index (χ2n) is 5.98. The molecule has 0 N–H and O–H groups in total. The highest BCUT2D eigenvalue weighted by atomic mass is 35.5. The second kappa shape index (κ2) is 6.00. The van der Waals surface area contributed by atoms with Gasteiger partial charge in [-0.15, -0.1) is 0 Å². The Morgan fingerprint density at radius 3 is 2.72 bits per heavy atom. The number of aryl methyl sites for hydroxylation is 1. The van der Waals surface area contributed by atoms with Crippen molar-refractivity contribution in [3.8, 4) is 0 Å². The van der Waals surface area contributed by atoms with Crippen LogP contribution in [0.4, 0.5) is 5.82 Å². The van der Waals surface area contributed by atoms with E-state index in [9.17, 15) is 4.79 Å². The second-order valence-corrected chi connectivity index (χ2v) is 6.37. The zero-order chi connectivity index (χ0) is 17.6. The van der Waals surface area contributed by atoms with E-state index in [0.717, 1.165) is 29.9 Å². The molecule has 1 saturated heterocycles. The summed E-state index contributed by atoms with van der Waals surface area (Å²) < 4.78 is 6.79. The molecule has 0 amide bonds. The van der Waals surface area contributed by atoms with Gasteiger partial charge in [0, 0.05) is 26.2 Å². The standard InChI is InChI=1S/C17H16ClN5O2/c1-22-12-6-4-3-5-11(12)19-16(22)10-8-23(9-10)14-7-13(18)20-15(21-14)17(24)25-2/h3-7,10H,8-9H2,1-2H3. The van der Waals surface area contributed by atoms with Crippen LogP contribution in [0.1, 0.15) is 22.4 Å². The number of esters is 1. The zero-order valence-corrected chi connectivity index (χ0v) is 14.6. The summed E-state index contributed by atoms with van der Waals surface area (Å²) in [5, 5.41) is 0.219. The normalized spacial score (nSPS) is 14.6. The molecule has 0 atom stereocenters. The van der Waals surface area contributed by atoms with Gasteiger partial charge in [-0.2, -0.15) is 0 Å². The summed E-state index contributed by atoms with van der Waals surface area (Å²) >= 11 is 6.01. The molecule has 3 heterocycles. The van der Waals surface area contributed by atoms with Crippen LogP contribution in [0.3, 0.4) is 0 Å². The van der Waals surface area contributed by atoms with Crippen LogP contribution in [0.25, 0.3) is 11.0 Å². The number of carbonyl (C=O) groups is 1. The Labute approximate surface area is 149 Å². The molecular weight excluding hydrogens is 342 g/mol. The first-order valence-corrected chi connectivity index (χ1v) is 8.24. The van der Waals surface area contributed by atoms with Gasteiger partial charge in [0.15, 0.2) is 0 Å². The lowest BCUT2D eigenvalue weighted by atomic mass is 9.99. The molecule has 1 aromatic carbocycles. The van der Waals surface area contributed by atoms with Gasteiger partial charge in [0.05, 0.1) is 24.1 Å². The minimum absolute atomic E-state index is 0.0313. The fourth-order valence-electron chi connectivity index (χ4n) is 3.11. The number of hydrogen-bond acceptors (Lipinski definition) is 6. The summed E-state index contributed by atoms with van der Waals surface area (Å²) in [7, 11) is 3.32. The van der Waals surface area contributed by atoms with Crippen molar-refractivity contribution in [3.05, 3.63) is 47.1 Å². The molecule has 2 aromatic heterocycles. The molecule has 0 aliphatic carbocycles. The van der Waals surface area contributed by atoms with Crippen molar-refractivity contribution in [3.63, 3.8) is 0 Å². The summed E-state index contributed by atoms with van der Waals surface area (Å²) in [6.45, 7) is 1.51. The van der Waals surface area contributed by atoms with E-state index in [1.165, 1.54) is 7.11 Å². The highest BCUT2D eigenvalue weighted by molar-refractivity contribution is 6.29. The average molecular weight is 358 g/mol. The number of methoxy groups -OCH3 is 1. The highest BCUT2D eigenvalue weighted by Gasteiger charge is 2.33. The van der Waals surface area contributed by atoms with E-state index in [-0.39, 0.29) is 11.0 Å². The molecule has 1 fully saturated rings. The minimum atomic E-state index is -0.601. The number of halogens is 1. The number of imidazole rings is 1. The van der Waals surface area contributed by atoms with Gasteiger partial charge in [-0.3, -0.25) is 0 Å². The Balaban J connectivity index is 1.56. The first-order chi connectivity index (χ1) is 12.1. The maximum absolute atomic E-state index is 11.6. The van der Waals surface area contributed by atoms with Crippen molar-refractivity contribution in [2.75, 3.05) is 25.1 Å². The van der Waals surface area contributed by atoms with E-state index in [1.54, 1.807) is 6.07 Å². The van der Waals surface area contributed by atoms with E-state index in [0.29, 0.717) is 11.7 Å². The number of aromatic nitrogens is 4. The molecule has 25 heavy (non-hydrogen) atoms. The van der Waals surface area contributed by atoms with Crippen LogP contribution >= 0.6 is 11.6 Å². The number of para-hydroxylation sites is 2. The lowest BCUT2D eigenvalue weighted by Crippen LogP contribution is -2.46. The molecule has 0 unspecified atom stereocenters. The van der Waals surface area contributed by atoms with Gasteiger partial charge >= 0.3 is 5.97 Å². The molecule has 128 valence electrons. The van der Waals surface area contributed by atoms with Crippen molar-refractivity contribution >= 4 is 34.4 Å². The predicted molar refractivity (Wildman–Crippen MR) is 94.0 cm³/mol. The summed E-state index contributed by atoms with van der Waals surface area (Å²) in [5.41, 5.74) is 2.12. The van der Waals surface area contributed by atoms with E-state index < -0.39 is 5.97 Å². The van der Waals surface area contributed by atoms with Crippen LogP contribution in [0.5, 0.6) is 0 Å². The topological polar surface area (TPSA) is 73.1 Å². The number of ether oxygens (including phenoxy) is 1. The fourth-order valence-corrected chi connectivity index (χ4v) is 3.29. The molecule has 0 bridgehead atoms. The molecule has 4 rings (SSSR count). The van der Waals surface area contributed by atoms with Crippen LogP contribution in [-0.2, 0) is 11.8 Å². The Morgan fingerprint density at radius 1 is 1.24 bits per heavy atom. The van der Waals surface area contributed by atoms with Gasteiger partial charge in [-0.1, -0.05) is 23.7 Å². The molecule has 3 aromatic rings. The van der Waals surface area contributed by atoms with Crippen molar-refractivity contribution in [1.82, 2.24) is 19.5 Å². The SMILES string of the molecule is COC(=O)c1nc(Cl)cc(N2CC(c3nc4ccccc4n3C)C2)n1. The number of anilines is 1. The Morgan fingerprint density at radius 2 is 2.00 bits per heavy atom. The maximum Gasteiger partial charge on any atom is 0.376 e. The number of fused-ring (bicyclic) bond motifs is 1. The fraction of sp³-hybridized carbons (Fsp3) is 0.294. The molecule has 0 spiro atoms. The number of rotatable bonds is 3. The smallest absolute Gasteiger partial charge is 0.376 e. The summed E-state index contributed by atoms with van der Waals surface area (Å²) in [6, 6.07) is 9.73. The van der Waals surface area contributed by atoms with Gasteiger partial charge in [-0.25, -0.2) is 19.7 Å². The number of hydrogen-bond donors (Lipinski definition) is 0. The lowest BCUT2D eigenvalue weighted by molar-refractivity contribution is 0.0586. The minimum Gasteiger partial charge on any atom is -0.463 e. The van der Waals surface area contributed by atoms with Crippen molar-refractivity contribution in [2.45, 2.75) is 5.92 Å². The first-order valence-electron chi connectivity index (χ1n) is 7.86. The summed E-state index contributed by atoms with van der Waals surface area (Å²) in [6.07, 6.45) is 0. The van der Waals surface area contributed by atoms with E-state index in [1.807, 2.05) is 30.1 Å². The summed E-state index contributed by atoms with van der Waals surface area (Å²) in [5.74, 6) is 1.33. The first kappa shape index (κ1) is 15.8. The predicted octanol–water partition coefficient (Wildman–Crippen LogP) is 2.41.